The van der Waals surface area contributed by atoms with Crippen LogP contribution >= 0.6 is 0 Å². The van der Waals surface area contributed by atoms with Crippen molar-refractivity contribution in [3.05, 3.63) is 23.8 Å². The van der Waals surface area contributed by atoms with Gasteiger partial charge in [-0.3, -0.25) is 9.59 Å². The van der Waals surface area contributed by atoms with E-state index in [9.17, 15) is 19.8 Å². The van der Waals surface area contributed by atoms with Crippen LogP contribution in [-0.4, -0.2) is 52.0 Å². The van der Waals surface area contributed by atoms with Gasteiger partial charge >= 0.3 is 0 Å². The van der Waals surface area contributed by atoms with Crippen LogP contribution in [0.2, 0.25) is 0 Å². The van der Waals surface area contributed by atoms with Gasteiger partial charge in [-0.1, -0.05) is 25.5 Å². The summed E-state index contributed by atoms with van der Waals surface area (Å²) in [6, 6.07) is 0. The number of hydrogen-bond donors (Lipinski definition) is 2. The molecule has 164 valence electrons. The lowest BCUT2D eigenvalue weighted by molar-refractivity contribution is -0.225. The molecule has 5 rings (SSSR count). The summed E-state index contributed by atoms with van der Waals surface area (Å²) in [5.41, 5.74) is -1.12. The fraction of sp³-hybridized carbons (Fsp3) is 0.750. The summed E-state index contributed by atoms with van der Waals surface area (Å²) in [4.78, 5) is 25.1. The third kappa shape index (κ3) is 2.34. The van der Waals surface area contributed by atoms with Crippen LogP contribution in [0.25, 0.3) is 0 Å². The second-order valence-corrected chi connectivity index (χ2v) is 10.9. The molecule has 1 heterocycles. The normalized spacial score (nSPS) is 50.9. The Morgan fingerprint density at radius 1 is 1.27 bits per heavy atom. The molecule has 0 amide bonds. The van der Waals surface area contributed by atoms with Crippen LogP contribution < -0.4 is 0 Å². The molecule has 4 fully saturated rings. The highest BCUT2D eigenvalue weighted by atomic mass is 16.8. The molecule has 0 aromatic heterocycles. The summed E-state index contributed by atoms with van der Waals surface area (Å²) in [5.74, 6) is -0.947. The minimum Gasteiger partial charge on any atom is -0.393 e. The van der Waals surface area contributed by atoms with Gasteiger partial charge in [0.05, 0.1) is 12.2 Å². The molecule has 5 aliphatic rings. The average molecular weight is 417 g/mol. The van der Waals surface area contributed by atoms with Crippen LogP contribution in [0, 0.1) is 28.6 Å². The minimum absolute atomic E-state index is 0.0167. The smallest absolute Gasteiger partial charge is 0.193 e. The van der Waals surface area contributed by atoms with Gasteiger partial charge in [0.15, 0.2) is 23.0 Å². The van der Waals surface area contributed by atoms with Gasteiger partial charge in [0, 0.05) is 16.7 Å². The quantitative estimate of drug-likeness (QED) is 0.718. The predicted molar refractivity (Wildman–Crippen MR) is 108 cm³/mol. The number of hydrogen-bond acceptors (Lipinski definition) is 6. The summed E-state index contributed by atoms with van der Waals surface area (Å²) in [5, 5.41) is 21.3. The summed E-state index contributed by atoms with van der Waals surface area (Å²) in [7, 11) is 0. The second kappa shape index (κ2) is 6.12. The van der Waals surface area contributed by atoms with Crippen molar-refractivity contribution in [1.82, 2.24) is 0 Å². The molecule has 6 heteroatoms. The van der Waals surface area contributed by atoms with Gasteiger partial charge in [-0.05, 0) is 63.5 Å². The lowest BCUT2D eigenvalue weighted by Crippen LogP contribution is -2.63. The topological polar surface area (TPSA) is 93.1 Å². The standard InChI is InChI=1S/C24H32O6/c1-21(2)29-19-10-16-15-6-5-13-9-14(26)7-8-22(13,3)20(15)17(27)11-23(16,4)24(19,30-21)18(28)12-25/h7-9,15-17,19-20,25,27H,5-6,10-12H2,1-4H3/t15?,16?,17-,19+,20?,22-,23-,24+/m0/s1. The molecule has 6 nitrogen and oxygen atoms in total. The monoisotopic (exact) mass is 416 g/mol. The largest absolute Gasteiger partial charge is 0.393 e. The number of Topliss-reactive ketones (excluding diaryl/α,β-unsaturated/α-hetero) is 1. The van der Waals surface area contributed by atoms with Crippen molar-refractivity contribution in [2.24, 2.45) is 28.6 Å². The fourth-order valence-electron chi connectivity index (χ4n) is 8.04. The molecule has 1 aliphatic heterocycles. The number of aliphatic hydroxyl groups excluding tert-OH is 2. The molecule has 3 saturated carbocycles. The van der Waals surface area contributed by atoms with Gasteiger partial charge in [-0.15, -0.1) is 0 Å². The Kier molecular flexibility index (Phi) is 4.20. The van der Waals surface area contributed by atoms with E-state index in [1.54, 1.807) is 26.0 Å². The third-order valence-electron chi connectivity index (χ3n) is 9.05. The van der Waals surface area contributed by atoms with Gasteiger partial charge in [0.1, 0.15) is 6.61 Å². The average Bonchev–Trinajstić information content (AvgIpc) is 3.07. The van der Waals surface area contributed by atoms with E-state index in [1.807, 2.05) is 13.0 Å². The molecule has 0 aromatic rings. The molecule has 0 aromatic carbocycles. The Morgan fingerprint density at radius 2 is 2.00 bits per heavy atom. The van der Waals surface area contributed by atoms with Crippen molar-refractivity contribution in [1.29, 1.82) is 0 Å². The number of rotatable bonds is 2. The molecule has 4 aliphatic carbocycles. The molecular formula is C24H32O6. The van der Waals surface area contributed by atoms with Crippen molar-refractivity contribution in [3.63, 3.8) is 0 Å². The second-order valence-electron chi connectivity index (χ2n) is 10.9. The SMILES string of the molecule is CC1(C)O[C@@H]2CC3C4CCC5=CC(=O)C=C[C@]5(C)C4[C@@H](O)C[C@]3(C)[C@]2(C(=O)CO)O1. The fourth-order valence-corrected chi connectivity index (χ4v) is 8.04. The van der Waals surface area contributed by atoms with E-state index in [2.05, 4.69) is 6.92 Å². The van der Waals surface area contributed by atoms with E-state index in [0.29, 0.717) is 12.8 Å². The highest BCUT2D eigenvalue weighted by Crippen LogP contribution is 2.70. The van der Waals surface area contributed by atoms with Gasteiger partial charge in [-0.2, -0.15) is 0 Å². The molecule has 8 atom stereocenters. The zero-order valence-corrected chi connectivity index (χ0v) is 18.2. The number of aliphatic hydroxyl groups is 2. The summed E-state index contributed by atoms with van der Waals surface area (Å²) in [6.45, 7) is 7.19. The van der Waals surface area contributed by atoms with Gasteiger partial charge in [0.2, 0.25) is 0 Å². The molecule has 30 heavy (non-hydrogen) atoms. The maximum Gasteiger partial charge on any atom is 0.193 e. The van der Waals surface area contributed by atoms with E-state index in [1.165, 1.54) is 0 Å². The number of fused-ring (bicyclic) bond motifs is 7. The van der Waals surface area contributed by atoms with Gasteiger partial charge < -0.3 is 19.7 Å². The summed E-state index contributed by atoms with van der Waals surface area (Å²) < 4.78 is 12.6. The molecule has 1 saturated heterocycles. The zero-order chi connectivity index (χ0) is 21.7. The van der Waals surface area contributed by atoms with Crippen LogP contribution in [0.4, 0.5) is 0 Å². The van der Waals surface area contributed by atoms with E-state index < -0.39 is 35.6 Å². The van der Waals surface area contributed by atoms with E-state index >= 15 is 0 Å². The van der Waals surface area contributed by atoms with E-state index in [0.717, 1.165) is 18.4 Å². The van der Waals surface area contributed by atoms with Gasteiger partial charge in [-0.25, -0.2) is 0 Å². The summed E-state index contributed by atoms with van der Waals surface area (Å²) in [6.07, 6.45) is 7.04. The first-order chi connectivity index (χ1) is 14.0. The Labute approximate surface area is 177 Å². The highest BCUT2D eigenvalue weighted by Gasteiger charge is 2.76. The van der Waals surface area contributed by atoms with Crippen molar-refractivity contribution in [2.75, 3.05) is 6.61 Å². The first-order valence-electron chi connectivity index (χ1n) is 11.1. The number of carbonyl (C=O) groups is 2. The van der Waals surface area contributed by atoms with Crippen molar-refractivity contribution >= 4 is 11.6 Å². The maximum absolute atomic E-state index is 13.2. The first kappa shape index (κ1) is 20.6. The number of carbonyl (C=O) groups excluding carboxylic acids is 2. The number of allylic oxidation sites excluding steroid dienone is 4. The van der Waals surface area contributed by atoms with Crippen molar-refractivity contribution < 1.29 is 29.3 Å². The Hall–Kier alpha value is -1.34. The highest BCUT2D eigenvalue weighted by molar-refractivity contribution is 6.01. The van der Waals surface area contributed by atoms with Crippen molar-refractivity contribution in [3.8, 4) is 0 Å². The Bertz CT molecular complexity index is 873. The lowest BCUT2D eigenvalue weighted by atomic mass is 9.46. The molecule has 0 bridgehead atoms. The first-order valence-corrected chi connectivity index (χ1v) is 11.1. The minimum atomic E-state index is -1.24. The summed E-state index contributed by atoms with van der Waals surface area (Å²) >= 11 is 0. The molecule has 0 spiro atoms. The van der Waals surface area contributed by atoms with Gasteiger partial charge in [0.25, 0.3) is 0 Å². The molecule has 3 unspecified atom stereocenters. The number of ether oxygens (including phenoxy) is 2. The predicted octanol–water partition coefficient (Wildman–Crippen LogP) is 2.33. The zero-order valence-electron chi connectivity index (χ0n) is 18.2. The van der Waals surface area contributed by atoms with Crippen LogP contribution in [0.15, 0.2) is 23.8 Å². The maximum atomic E-state index is 13.2. The Morgan fingerprint density at radius 3 is 2.70 bits per heavy atom. The number of ketones is 2. The molecular weight excluding hydrogens is 384 g/mol. The van der Waals surface area contributed by atoms with Crippen LogP contribution in [0.3, 0.4) is 0 Å². The van der Waals surface area contributed by atoms with Crippen LogP contribution in [0.1, 0.15) is 53.4 Å². The van der Waals surface area contributed by atoms with Crippen LogP contribution in [0.5, 0.6) is 0 Å². The molecule has 0 radical (unpaired) electrons. The third-order valence-corrected chi connectivity index (χ3v) is 9.05. The molecule has 2 N–H and O–H groups in total. The van der Waals surface area contributed by atoms with E-state index in [-0.39, 0.29) is 34.7 Å². The van der Waals surface area contributed by atoms with Crippen molar-refractivity contribution in [2.45, 2.75) is 77.0 Å². The van der Waals surface area contributed by atoms with Crippen LogP contribution in [-0.2, 0) is 19.1 Å². The Balaban J connectivity index is 1.59. The van der Waals surface area contributed by atoms with E-state index in [4.69, 9.17) is 9.47 Å². The lowest BCUT2D eigenvalue weighted by Gasteiger charge is -2.59.